The first-order chi connectivity index (χ1) is 21.2. The van der Waals surface area contributed by atoms with Crippen LogP contribution < -0.4 is 27.0 Å². The van der Waals surface area contributed by atoms with Crippen molar-refractivity contribution in [2.45, 2.75) is 76.3 Å². The quantitative estimate of drug-likeness (QED) is 0.103. The Labute approximate surface area is 261 Å². The van der Waals surface area contributed by atoms with Crippen LogP contribution in [0.3, 0.4) is 0 Å². The second-order valence-corrected chi connectivity index (χ2v) is 11.2. The Bertz CT molecular complexity index is 1290. The molecule has 0 saturated heterocycles. The standard InChI is InChI=1S/C31H43N5O9/c1-17(2)13-22(32)27(40)36-26(18(3)38)30(43)33-23(14-19-7-5-4-6-8-19)28(41)35-25(16-37)29(42)34-24(31(44)45)15-20-9-11-21(39)12-10-20/h4-12,17-18,22-26,37-39H,13-16,32H2,1-3H3,(H,33,43)(H,34,42)(H,35,41)(H,36,40)(H,44,45)/t18-,22+,23+,24+,25+,26+/m1/s1. The van der Waals surface area contributed by atoms with Gasteiger partial charge in [0.15, 0.2) is 0 Å². The number of carbonyl (C=O) groups is 5. The molecule has 0 fully saturated rings. The minimum atomic E-state index is -1.59. The Kier molecular flexibility index (Phi) is 14.4. The fourth-order valence-corrected chi connectivity index (χ4v) is 4.41. The number of rotatable bonds is 17. The maximum atomic E-state index is 13.4. The molecule has 45 heavy (non-hydrogen) atoms. The summed E-state index contributed by atoms with van der Waals surface area (Å²) < 4.78 is 0. The van der Waals surface area contributed by atoms with Gasteiger partial charge in [0.2, 0.25) is 23.6 Å². The zero-order valence-electron chi connectivity index (χ0n) is 25.5. The van der Waals surface area contributed by atoms with E-state index in [1.165, 1.54) is 31.2 Å². The molecule has 4 amide bonds. The minimum absolute atomic E-state index is 0.0216. The summed E-state index contributed by atoms with van der Waals surface area (Å²) in [4.78, 5) is 64.1. The Morgan fingerprint density at radius 2 is 1.22 bits per heavy atom. The first kappa shape index (κ1) is 36.7. The van der Waals surface area contributed by atoms with E-state index < -0.39 is 72.5 Å². The van der Waals surface area contributed by atoms with E-state index in [9.17, 15) is 44.4 Å². The number of aromatic hydroxyl groups is 1. The number of hydrogen-bond acceptors (Lipinski definition) is 9. The van der Waals surface area contributed by atoms with Crippen LogP contribution in [0.25, 0.3) is 0 Å². The number of carbonyl (C=O) groups excluding carboxylic acids is 4. The van der Waals surface area contributed by atoms with Crippen molar-refractivity contribution < 1.29 is 44.4 Å². The van der Waals surface area contributed by atoms with E-state index in [1.807, 2.05) is 13.8 Å². The van der Waals surface area contributed by atoms with Crippen LogP contribution >= 0.6 is 0 Å². The lowest BCUT2D eigenvalue weighted by molar-refractivity contribution is -0.142. The Balaban J connectivity index is 2.21. The molecule has 10 N–H and O–H groups in total. The van der Waals surface area contributed by atoms with Gasteiger partial charge in [-0.3, -0.25) is 19.2 Å². The largest absolute Gasteiger partial charge is 0.508 e. The third-order valence-corrected chi connectivity index (χ3v) is 6.85. The highest BCUT2D eigenvalue weighted by Crippen LogP contribution is 2.12. The number of amides is 4. The van der Waals surface area contributed by atoms with E-state index in [4.69, 9.17) is 5.73 Å². The number of nitrogens with two attached hydrogens (primary N) is 1. The van der Waals surface area contributed by atoms with Gasteiger partial charge in [0, 0.05) is 12.8 Å². The van der Waals surface area contributed by atoms with Crippen molar-refractivity contribution in [1.82, 2.24) is 21.3 Å². The fourth-order valence-electron chi connectivity index (χ4n) is 4.41. The molecule has 0 radical (unpaired) electrons. The molecule has 0 unspecified atom stereocenters. The topological polar surface area (TPSA) is 240 Å². The van der Waals surface area contributed by atoms with Crippen LogP contribution in [-0.4, -0.2) is 92.9 Å². The molecule has 0 bridgehead atoms. The molecule has 0 aliphatic heterocycles. The van der Waals surface area contributed by atoms with Crippen LogP contribution in [0.4, 0.5) is 0 Å². The molecule has 2 aromatic rings. The van der Waals surface area contributed by atoms with Crippen LogP contribution in [0.2, 0.25) is 0 Å². The number of carboxylic acid groups (broad SMARTS) is 1. The number of carboxylic acids is 1. The predicted molar refractivity (Wildman–Crippen MR) is 164 cm³/mol. The highest BCUT2D eigenvalue weighted by atomic mass is 16.4. The number of nitrogens with one attached hydrogen (secondary N) is 4. The van der Waals surface area contributed by atoms with Crippen LogP contribution in [0, 0.1) is 5.92 Å². The highest BCUT2D eigenvalue weighted by molar-refractivity contribution is 5.95. The molecular weight excluding hydrogens is 586 g/mol. The zero-order valence-corrected chi connectivity index (χ0v) is 25.5. The van der Waals surface area contributed by atoms with Crippen molar-refractivity contribution >= 4 is 29.6 Å². The summed E-state index contributed by atoms with van der Waals surface area (Å²) in [6, 6.07) is 7.52. The lowest BCUT2D eigenvalue weighted by atomic mass is 10.0. The number of hydrogen-bond donors (Lipinski definition) is 9. The maximum Gasteiger partial charge on any atom is 0.326 e. The predicted octanol–water partition coefficient (Wildman–Crippen LogP) is -1.05. The normalized spacial score (nSPS) is 15.1. The summed E-state index contributed by atoms with van der Waals surface area (Å²) in [6.45, 7) is 4.13. The maximum absolute atomic E-state index is 13.4. The van der Waals surface area contributed by atoms with Crippen molar-refractivity contribution in [3.8, 4) is 5.75 Å². The van der Waals surface area contributed by atoms with Gasteiger partial charge >= 0.3 is 5.97 Å². The van der Waals surface area contributed by atoms with E-state index in [0.29, 0.717) is 17.5 Å². The summed E-state index contributed by atoms with van der Waals surface area (Å²) in [6.07, 6.45) is -1.24. The van der Waals surface area contributed by atoms with Crippen molar-refractivity contribution in [3.63, 3.8) is 0 Å². The zero-order chi connectivity index (χ0) is 33.7. The monoisotopic (exact) mass is 629 g/mol. The van der Waals surface area contributed by atoms with E-state index >= 15 is 0 Å². The Morgan fingerprint density at radius 3 is 1.76 bits per heavy atom. The lowest BCUT2D eigenvalue weighted by Gasteiger charge is -2.27. The van der Waals surface area contributed by atoms with Gasteiger partial charge in [-0.25, -0.2) is 4.79 Å². The van der Waals surface area contributed by atoms with Crippen molar-refractivity contribution in [1.29, 1.82) is 0 Å². The summed E-state index contributed by atoms with van der Waals surface area (Å²) in [5.41, 5.74) is 7.05. The summed E-state index contributed by atoms with van der Waals surface area (Å²) >= 11 is 0. The van der Waals surface area contributed by atoms with E-state index in [1.54, 1.807) is 30.3 Å². The van der Waals surface area contributed by atoms with Crippen molar-refractivity contribution in [3.05, 3.63) is 65.7 Å². The van der Waals surface area contributed by atoms with Gasteiger partial charge in [0.1, 0.15) is 29.9 Å². The molecule has 0 aliphatic carbocycles. The summed E-state index contributed by atoms with van der Waals surface area (Å²) in [7, 11) is 0. The number of aliphatic hydroxyl groups is 2. The van der Waals surface area contributed by atoms with Gasteiger partial charge in [-0.15, -0.1) is 0 Å². The van der Waals surface area contributed by atoms with Crippen LogP contribution in [0.1, 0.15) is 38.3 Å². The number of aliphatic carboxylic acids is 1. The van der Waals surface area contributed by atoms with Gasteiger partial charge in [-0.1, -0.05) is 56.3 Å². The molecule has 14 nitrogen and oxygen atoms in total. The van der Waals surface area contributed by atoms with Crippen molar-refractivity contribution in [2.24, 2.45) is 11.7 Å². The highest BCUT2D eigenvalue weighted by Gasteiger charge is 2.33. The van der Waals surface area contributed by atoms with Gasteiger partial charge in [-0.05, 0) is 42.5 Å². The second-order valence-electron chi connectivity index (χ2n) is 11.2. The SMILES string of the molecule is CC(C)C[C@H](N)C(=O)N[C@H](C(=O)N[C@@H](Cc1ccccc1)C(=O)N[C@@H](CO)C(=O)N[C@@H](Cc1ccc(O)cc1)C(=O)O)[C@@H](C)O. The van der Waals surface area contributed by atoms with Crippen molar-refractivity contribution in [2.75, 3.05) is 6.61 Å². The first-order valence-corrected chi connectivity index (χ1v) is 14.5. The molecule has 246 valence electrons. The molecule has 0 aliphatic rings. The Hall–Kier alpha value is -4.53. The van der Waals surface area contributed by atoms with Gasteiger partial charge in [0.25, 0.3) is 0 Å². The average Bonchev–Trinajstić information content (AvgIpc) is 2.98. The molecule has 0 heterocycles. The number of phenolic OH excluding ortho intramolecular Hbond substituents is 1. The first-order valence-electron chi connectivity index (χ1n) is 14.5. The molecule has 2 rings (SSSR count). The fraction of sp³-hybridized carbons (Fsp3) is 0.452. The number of aliphatic hydroxyl groups excluding tert-OH is 2. The molecule has 2 aromatic carbocycles. The van der Waals surface area contributed by atoms with Crippen LogP contribution in [0.5, 0.6) is 5.75 Å². The molecule has 6 atom stereocenters. The van der Waals surface area contributed by atoms with Gasteiger partial charge < -0.3 is 47.4 Å². The Morgan fingerprint density at radius 1 is 0.711 bits per heavy atom. The number of phenols is 1. The average molecular weight is 630 g/mol. The van der Waals surface area contributed by atoms with Gasteiger partial charge in [0.05, 0.1) is 18.8 Å². The van der Waals surface area contributed by atoms with Gasteiger partial charge in [-0.2, -0.15) is 0 Å². The molecule has 0 saturated carbocycles. The van der Waals surface area contributed by atoms with E-state index in [2.05, 4.69) is 21.3 Å². The smallest absolute Gasteiger partial charge is 0.326 e. The summed E-state index contributed by atoms with van der Waals surface area (Å²) in [5, 5.41) is 48.8. The number of benzene rings is 2. The van der Waals surface area contributed by atoms with Crippen LogP contribution in [0.15, 0.2) is 54.6 Å². The lowest BCUT2D eigenvalue weighted by Crippen LogP contribution is -2.61. The molecular formula is C31H43N5O9. The molecule has 0 aromatic heterocycles. The third kappa shape index (κ3) is 12.2. The summed E-state index contributed by atoms with van der Waals surface area (Å²) in [5.74, 6) is -4.73. The van der Waals surface area contributed by atoms with E-state index in [-0.39, 0.29) is 24.5 Å². The molecule has 14 heteroatoms. The molecule has 0 spiro atoms. The van der Waals surface area contributed by atoms with Crippen LogP contribution in [-0.2, 0) is 36.8 Å². The third-order valence-electron chi connectivity index (χ3n) is 6.85. The van der Waals surface area contributed by atoms with E-state index in [0.717, 1.165) is 0 Å². The second kappa shape index (κ2) is 17.7. The minimum Gasteiger partial charge on any atom is -0.508 e.